The number of urea groups is 1. The number of hydrogen-bond donors (Lipinski definition) is 2. The fourth-order valence-corrected chi connectivity index (χ4v) is 4.37. The van der Waals surface area contributed by atoms with Crippen molar-refractivity contribution in [2.45, 2.75) is 0 Å². The van der Waals surface area contributed by atoms with Crippen LogP contribution in [0.2, 0.25) is 0 Å². The molecule has 10 heteroatoms. The van der Waals surface area contributed by atoms with Crippen LogP contribution in [0.15, 0.2) is 51.0 Å². The summed E-state index contributed by atoms with van der Waals surface area (Å²) in [6.07, 6.45) is 1.52. The molecule has 0 saturated carbocycles. The summed E-state index contributed by atoms with van der Waals surface area (Å²) >= 11 is 6.78. The summed E-state index contributed by atoms with van der Waals surface area (Å²) in [6.45, 7) is -0.434. The third-order valence-corrected chi connectivity index (χ3v) is 5.36. The Hall–Kier alpha value is -2.85. The Morgan fingerprint density at radius 1 is 1.13 bits per heavy atom. The van der Waals surface area contributed by atoms with E-state index < -0.39 is 24.4 Å². The Kier molecular flexibility index (Phi) is 6.78. The van der Waals surface area contributed by atoms with Crippen molar-refractivity contribution in [3.63, 3.8) is 0 Å². The van der Waals surface area contributed by atoms with Gasteiger partial charge >= 0.3 is 6.03 Å². The lowest BCUT2D eigenvalue weighted by Gasteiger charge is -2.13. The summed E-state index contributed by atoms with van der Waals surface area (Å²) in [6, 6.07) is 9.66. The van der Waals surface area contributed by atoms with Crippen molar-refractivity contribution in [2.75, 3.05) is 26.1 Å². The monoisotopic (exact) mass is 537 g/mol. The van der Waals surface area contributed by atoms with E-state index in [2.05, 4.69) is 42.5 Å². The summed E-state index contributed by atoms with van der Waals surface area (Å²) in [4.78, 5) is 38.1. The highest BCUT2D eigenvalue weighted by Gasteiger charge is 2.35. The van der Waals surface area contributed by atoms with Gasteiger partial charge in [0.15, 0.2) is 0 Å². The highest BCUT2D eigenvalue weighted by atomic mass is 79.9. The molecular weight excluding hydrogens is 522 g/mol. The van der Waals surface area contributed by atoms with Crippen molar-refractivity contribution in [1.29, 1.82) is 0 Å². The van der Waals surface area contributed by atoms with Crippen LogP contribution in [0.25, 0.3) is 6.08 Å². The Bertz CT molecular complexity index is 1030. The topological polar surface area (TPSA) is 97.0 Å². The summed E-state index contributed by atoms with van der Waals surface area (Å²) in [7, 11) is 3.02. The van der Waals surface area contributed by atoms with E-state index in [0.29, 0.717) is 31.7 Å². The highest BCUT2D eigenvalue weighted by Crippen LogP contribution is 2.35. The first-order valence-corrected chi connectivity index (χ1v) is 10.2. The Morgan fingerprint density at radius 3 is 2.43 bits per heavy atom. The lowest BCUT2D eigenvalue weighted by atomic mass is 10.2. The van der Waals surface area contributed by atoms with Crippen LogP contribution in [0.3, 0.4) is 0 Å². The van der Waals surface area contributed by atoms with Crippen LogP contribution in [-0.4, -0.2) is 43.5 Å². The van der Waals surface area contributed by atoms with Crippen LogP contribution in [0.1, 0.15) is 5.56 Å². The number of rotatable bonds is 6. The van der Waals surface area contributed by atoms with Crippen molar-refractivity contribution in [2.24, 2.45) is 0 Å². The zero-order valence-corrected chi connectivity index (χ0v) is 19.2. The first-order valence-electron chi connectivity index (χ1n) is 8.64. The molecule has 30 heavy (non-hydrogen) atoms. The van der Waals surface area contributed by atoms with Gasteiger partial charge in [-0.2, -0.15) is 0 Å². The van der Waals surface area contributed by atoms with E-state index in [1.165, 1.54) is 20.3 Å². The number of para-hydroxylation sites is 2. The van der Waals surface area contributed by atoms with E-state index in [1.54, 1.807) is 36.4 Å². The van der Waals surface area contributed by atoms with E-state index >= 15 is 0 Å². The smallest absolute Gasteiger partial charge is 0.329 e. The van der Waals surface area contributed by atoms with Crippen molar-refractivity contribution in [3.8, 4) is 11.5 Å². The molecule has 2 aromatic carbocycles. The van der Waals surface area contributed by atoms with E-state index in [-0.39, 0.29) is 5.70 Å². The van der Waals surface area contributed by atoms with E-state index in [1.807, 2.05) is 0 Å². The van der Waals surface area contributed by atoms with E-state index in [4.69, 9.17) is 9.47 Å². The zero-order chi connectivity index (χ0) is 21.8. The maximum Gasteiger partial charge on any atom is 0.329 e. The number of nitrogens with one attached hydrogen (secondary N) is 2. The van der Waals surface area contributed by atoms with Gasteiger partial charge in [0.25, 0.3) is 5.91 Å². The van der Waals surface area contributed by atoms with Gasteiger partial charge in [-0.05, 0) is 67.8 Å². The van der Waals surface area contributed by atoms with Gasteiger partial charge in [-0.3, -0.25) is 9.59 Å². The lowest BCUT2D eigenvalue weighted by molar-refractivity contribution is -0.127. The van der Waals surface area contributed by atoms with Gasteiger partial charge in [0, 0.05) is 0 Å². The van der Waals surface area contributed by atoms with Crippen LogP contribution in [0.5, 0.6) is 11.5 Å². The summed E-state index contributed by atoms with van der Waals surface area (Å²) in [5, 5.41) is 5.13. The van der Waals surface area contributed by atoms with Crippen molar-refractivity contribution in [1.82, 2.24) is 10.2 Å². The average Bonchev–Trinajstić information content (AvgIpc) is 2.95. The minimum atomic E-state index is -0.673. The first kappa shape index (κ1) is 21.8. The number of amides is 4. The SMILES string of the molecule is COc1ccccc1NC(=O)CN1C(=O)N/C(=C/c2cc(Br)c(OC)c(Br)c2)C1=O. The second kappa shape index (κ2) is 9.31. The number of imide groups is 1. The fourth-order valence-electron chi connectivity index (χ4n) is 2.82. The molecule has 2 aromatic rings. The van der Waals surface area contributed by atoms with Crippen LogP contribution < -0.4 is 20.1 Å². The van der Waals surface area contributed by atoms with Gasteiger partial charge in [0.2, 0.25) is 5.91 Å². The number of ether oxygens (including phenoxy) is 2. The Labute approximate surface area is 189 Å². The van der Waals surface area contributed by atoms with Gasteiger partial charge in [-0.1, -0.05) is 12.1 Å². The minimum Gasteiger partial charge on any atom is -0.495 e. The number of methoxy groups -OCH3 is 2. The highest BCUT2D eigenvalue weighted by molar-refractivity contribution is 9.11. The van der Waals surface area contributed by atoms with Crippen molar-refractivity contribution in [3.05, 3.63) is 56.6 Å². The normalized spacial score (nSPS) is 14.7. The maximum absolute atomic E-state index is 12.6. The predicted molar refractivity (Wildman–Crippen MR) is 118 cm³/mol. The second-order valence-corrected chi connectivity index (χ2v) is 7.85. The number of carbonyl (C=O) groups is 3. The lowest BCUT2D eigenvalue weighted by Crippen LogP contribution is -2.38. The van der Waals surface area contributed by atoms with E-state index in [9.17, 15) is 14.4 Å². The molecule has 156 valence electrons. The number of anilines is 1. The predicted octanol–water partition coefficient (Wildman–Crippen LogP) is 3.76. The van der Waals surface area contributed by atoms with Crippen molar-refractivity contribution < 1.29 is 23.9 Å². The van der Waals surface area contributed by atoms with Gasteiger partial charge < -0.3 is 20.1 Å². The van der Waals surface area contributed by atoms with Crippen LogP contribution in [0, 0.1) is 0 Å². The standard InChI is InChI=1S/C20H17Br2N3O5/c1-29-16-6-4-3-5-14(16)23-17(26)10-25-19(27)15(24-20(25)28)9-11-7-12(21)18(30-2)13(22)8-11/h3-9H,10H2,1-2H3,(H,23,26)(H,24,28)/b15-9+. The molecule has 1 aliphatic rings. The molecule has 0 spiro atoms. The summed E-state index contributed by atoms with van der Waals surface area (Å²) in [5.74, 6) is -0.0507. The number of carbonyl (C=O) groups excluding carboxylic acids is 3. The molecule has 0 aliphatic carbocycles. The zero-order valence-electron chi connectivity index (χ0n) is 16.0. The fraction of sp³-hybridized carbons (Fsp3) is 0.150. The number of hydrogen-bond acceptors (Lipinski definition) is 5. The van der Waals surface area contributed by atoms with E-state index in [0.717, 1.165) is 4.90 Å². The molecule has 1 aliphatic heterocycles. The number of benzene rings is 2. The third-order valence-electron chi connectivity index (χ3n) is 4.18. The van der Waals surface area contributed by atoms with Crippen LogP contribution in [-0.2, 0) is 9.59 Å². The Balaban J connectivity index is 1.75. The first-order chi connectivity index (χ1) is 14.3. The molecular formula is C20H17Br2N3O5. The number of halogens is 2. The van der Waals surface area contributed by atoms with Gasteiger partial charge in [0.05, 0.1) is 28.9 Å². The molecule has 0 aromatic heterocycles. The largest absolute Gasteiger partial charge is 0.495 e. The van der Waals surface area contributed by atoms with Gasteiger partial charge in [-0.15, -0.1) is 0 Å². The number of nitrogens with zero attached hydrogens (tertiary/aromatic N) is 1. The molecule has 2 N–H and O–H groups in total. The van der Waals surface area contributed by atoms with Crippen LogP contribution >= 0.6 is 31.9 Å². The van der Waals surface area contributed by atoms with Crippen LogP contribution in [0.4, 0.5) is 10.5 Å². The minimum absolute atomic E-state index is 0.0639. The molecule has 1 heterocycles. The van der Waals surface area contributed by atoms with Crippen molar-refractivity contribution >= 4 is 61.5 Å². The second-order valence-electron chi connectivity index (χ2n) is 6.15. The molecule has 1 fully saturated rings. The molecule has 0 unspecified atom stereocenters. The average molecular weight is 539 g/mol. The maximum atomic E-state index is 12.6. The molecule has 4 amide bonds. The molecule has 8 nitrogen and oxygen atoms in total. The molecule has 0 atom stereocenters. The molecule has 3 rings (SSSR count). The van der Waals surface area contributed by atoms with Gasteiger partial charge in [0.1, 0.15) is 23.7 Å². The summed E-state index contributed by atoms with van der Waals surface area (Å²) < 4.78 is 11.8. The van der Waals surface area contributed by atoms with Gasteiger partial charge in [-0.25, -0.2) is 9.69 Å². The molecule has 0 radical (unpaired) electrons. The molecule has 1 saturated heterocycles. The summed E-state index contributed by atoms with van der Waals surface area (Å²) in [5.41, 5.74) is 1.16. The molecule has 0 bridgehead atoms. The quantitative estimate of drug-likeness (QED) is 0.431. The Morgan fingerprint density at radius 2 is 1.80 bits per heavy atom. The third kappa shape index (κ3) is 4.65.